The molecule has 3 rings (SSSR count). The van der Waals surface area contributed by atoms with Gasteiger partial charge in [-0.25, -0.2) is 9.59 Å². The van der Waals surface area contributed by atoms with Crippen LogP contribution in [0.5, 0.6) is 0 Å². The van der Waals surface area contributed by atoms with E-state index in [0.29, 0.717) is 32.7 Å². The normalized spacial score (nSPS) is 15.5. The van der Waals surface area contributed by atoms with E-state index in [2.05, 4.69) is 11.0 Å². The Labute approximate surface area is 189 Å². The van der Waals surface area contributed by atoms with Crippen molar-refractivity contribution in [3.8, 4) is 6.07 Å². The van der Waals surface area contributed by atoms with Crippen LogP contribution >= 0.6 is 0 Å². The highest BCUT2D eigenvalue weighted by Crippen LogP contribution is 2.23. The first-order valence-electron chi connectivity index (χ1n) is 11.1. The van der Waals surface area contributed by atoms with Gasteiger partial charge in [-0.05, 0) is 52.4 Å². The number of nitrogens with zero attached hydrogens (tertiary/aromatic N) is 5. The number of para-hydroxylation sites is 2. The Balaban J connectivity index is 1.90. The number of rotatable bonds is 6. The minimum atomic E-state index is -0.542. The lowest BCUT2D eigenvalue weighted by atomic mass is 10.2. The number of amides is 1. The summed E-state index contributed by atoms with van der Waals surface area (Å²) < 4.78 is 8.99. The van der Waals surface area contributed by atoms with Gasteiger partial charge in [-0.3, -0.25) is 14.0 Å². The molecule has 0 saturated heterocycles. The molecule has 0 spiro atoms. The van der Waals surface area contributed by atoms with Crippen LogP contribution in [-0.4, -0.2) is 56.8 Å². The van der Waals surface area contributed by atoms with Gasteiger partial charge in [0.2, 0.25) is 0 Å². The van der Waals surface area contributed by atoms with Crippen LogP contribution in [0, 0.1) is 17.2 Å². The predicted molar refractivity (Wildman–Crippen MR) is 125 cm³/mol. The van der Waals surface area contributed by atoms with Gasteiger partial charge in [-0.15, -0.1) is 0 Å². The molecular formula is C24H33N5O3. The largest absolute Gasteiger partial charge is 0.444 e. The van der Waals surface area contributed by atoms with Crippen LogP contribution in [0.15, 0.2) is 35.1 Å². The maximum atomic E-state index is 13.5. The molecule has 1 unspecified atom stereocenters. The van der Waals surface area contributed by atoms with Crippen molar-refractivity contribution >= 4 is 22.8 Å². The second-order valence-electron chi connectivity index (χ2n) is 9.25. The summed E-state index contributed by atoms with van der Waals surface area (Å²) in [7, 11) is 0. The van der Waals surface area contributed by atoms with E-state index in [0.717, 1.165) is 23.3 Å². The molecule has 0 bridgehead atoms. The molecule has 1 aliphatic heterocycles. The van der Waals surface area contributed by atoms with Crippen LogP contribution in [0.1, 0.15) is 41.0 Å². The zero-order chi connectivity index (χ0) is 23.5. The van der Waals surface area contributed by atoms with Crippen molar-refractivity contribution in [1.82, 2.24) is 18.9 Å². The highest BCUT2D eigenvalue weighted by atomic mass is 16.6. The Morgan fingerprint density at radius 3 is 2.53 bits per heavy atom. The molecule has 1 aliphatic rings. The molecule has 172 valence electrons. The third kappa shape index (κ3) is 5.22. The number of hydrogen-bond donors (Lipinski definition) is 0. The number of ether oxygens (including phenoxy) is 1. The lowest BCUT2D eigenvalue weighted by Crippen LogP contribution is -2.40. The van der Waals surface area contributed by atoms with E-state index in [9.17, 15) is 14.9 Å². The van der Waals surface area contributed by atoms with Gasteiger partial charge in [0, 0.05) is 31.8 Å². The molecule has 1 aromatic carbocycles. The summed E-state index contributed by atoms with van der Waals surface area (Å²) in [6, 6.07) is 10.0. The first kappa shape index (κ1) is 23.6. The molecule has 0 aliphatic carbocycles. The van der Waals surface area contributed by atoms with Crippen LogP contribution in [0.2, 0.25) is 0 Å². The van der Waals surface area contributed by atoms with E-state index in [-0.39, 0.29) is 17.7 Å². The lowest BCUT2D eigenvalue weighted by Gasteiger charge is -2.29. The number of carbonyl (C=O) groups excluding carboxylic acids is 1. The number of benzene rings is 1. The fourth-order valence-corrected chi connectivity index (χ4v) is 3.89. The summed E-state index contributed by atoms with van der Waals surface area (Å²) in [5, 5.41) is 9.18. The van der Waals surface area contributed by atoms with Crippen LogP contribution in [0.25, 0.3) is 16.7 Å². The summed E-state index contributed by atoms with van der Waals surface area (Å²) in [6.07, 6.45) is 2.16. The molecule has 2 heterocycles. The Hall–Kier alpha value is -3.05. The third-order valence-electron chi connectivity index (χ3n) is 5.50. The summed E-state index contributed by atoms with van der Waals surface area (Å²) in [5.74, 6) is -0.112. The summed E-state index contributed by atoms with van der Waals surface area (Å²) >= 11 is 0. The highest BCUT2D eigenvalue weighted by Gasteiger charge is 2.26. The van der Waals surface area contributed by atoms with Crippen LogP contribution < -0.4 is 5.69 Å². The van der Waals surface area contributed by atoms with Gasteiger partial charge in [-0.2, -0.15) is 5.26 Å². The molecular weight excluding hydrogens is 406 g/mol. The van der Waals surface area contributed by atoms with Crippen molar-refractivity contribution in [2.75, 3.05) is 26.2 Å². The topological polar surface area (TPSA) is 83.5 Å². The van der Waals surface area contributed by atoms with Crippen molar-refractivity contribution in [2.45, 2.75) is 53.3 Å². The monoisotopic (exact) mass is 439 g/mol. The molecule has 0 fully saturated rings. The maximum absolute atomic E-state index is 13.5. The van der Waals surface area contributed by atoms with E-state index >= 15 is 0 Å². The van der Waals surface area contributed by atoms with E-state index in [1.54, 1.807) is 14.0 Å². The SMILES string of the molecule is CCN(CC(C)C#N)Cn1c(=O)n(C2=CCN(C(=O)OC(C)(C)C)CC2)c2ccccc21. The van der Waals surface area contributed by atoms with Gasteiger partial charge in [0.15, 0.2) is 0 Å². The molecule has 8 heteroatoms. The van der Waals surface area contributed by atoms with E-state index in [1.165, 1.54) is 0 Å². The number of hydrogen-bond acceptors (Lipinski definition) is 5. The van der Waals surface area contributed by atoms with Crippen molar-refractivity contribution in [2.24, 2.45) is 5.92 Å². The lowest BCUT2D eigenvalue weighted by molar-refractivity contribution is 0.0269. The van der Waals surface area contributed by atoms with Gasteiger partial charge in [0.05, 0.1) is 29.7 Å². The Morgan fingerprint density at radius 1 is 1.28 bits per heavy atom. The van der Waals surface area contributed by atoms with Gasteiger partial charge < -0.3 is 9.64 Å². The molecule has 0 radical (unpaired) electrons. The number of aromatic nitrogens is 2. The Morgan fingerprint density at radius 2 is 1.97 bits per heavy atom. The molecule has 2 aromatic rings. The smallest absolute Gasteiger partial charge is 0.410 e. The summed E-state index contributed by atoms with van der Waals surface area (Å²) in [5.41, 5.74) is 1.94. The predicted octanol–water partition coefficient (Wildman–Crippen LogP) is 3.72. The van der Waals surface area contributed by atoms with E-state index < -0.39 is 5.60 Å². The second kappa shape index (κ2) is 9.61. The zero-order valence-electron chi connectivity index (χ0n) is 19.7. The second-order valence-corrected chi connectivity index (χ2v) is 9.25. The standard InChI is InChI=1S/C24H33N5O3/c1-6-26(16-18(2)15-25)17-28-20-9-7-8-10-21(20)29(22(28)30)19-11-13-27(14-12-19)23(31)32-24(3,4)5/h7-11,18H,6,12-14,16-17H2,1-5H3. The van der Waals surface area contributed by atoms with Gasteiger partial charge in [0.25, 0.3) is 0 Å². The van der Waals surface area contributed by atoms with Crippen molar-refractivity contribution < 1.29 is 9.53 Å². The van der Waals surface area contributed by atoms with Gasteiger partial charge >= 0.3 is 11.8 Å². The highest BCUT2D eigenvalue weighted by molar-refractivity contribution is 5.80. The van der Waals surface area contributed by atoms with Gasteiger partial charge in [0.1, 0.15) is 5.60 Å². The van der Waals surface area contributed by atoms with Crippen LogP contribution in [0.3, 0.4) is 0 Å². The maximum Gasteiger partial charge on any atom is 0.410 e. The number of carbonyl (C=O) groups is 1. The van der Waals surface area contributed by atoms with E-state index in [4.69, 9.17) is 4.74 Å². The number of nitriles is 1. The minimum Gasteiger partial charge on any atom is -0.444 e. The molecule has 1 aromatic heterocycles. The average molecular weight is 440 g/mol. The minimum absolute atomic E-state index is 0.105. The first-order chi connectivity index (χ1) is 15.1. The molecule has 0 saturated carbocycles. The third-order valence-corrected chi connectivity index (χ3v) is 5.50. The zero-order valence-corrected chi connectivity index (χ0v) is 19.7. The fraction of sp³-hybridized carbons (Fsp3) is 0.542. The number of imidazole rings is 1. The fourth-order valence-electron chi connectivity index (χ4n) is 3.89. The average Bonchev–Trinajstić information content (AvgIpc) is 3.03. The van der Waals surface area contributed by atoms with Crippen LogP contribution in [-0.2, 0) is 11.4 Å². The van der Waals surface area contributed by atoms with Crippen molar-refractivity contribution in [3.63, 3.8) is 0 Å². The van der Waals surface area contributed by atoms with Gasteiger partial charge in [-0.1, -0.05) is 19.1 Å². The van der Waals surface area contributed by atoms with Crippen LogP contribution in [0.4, 0.5) is 4.79 Å². The van der Waals surface area contributed by atoms with Crippen molar-refractivity contribution in [3.05, 3.63) is 40.8 Å². The van der Waals surface area contributed by atoms with E-state index in [1.807, 2.05) is 65.0 Å². The Kier molecular flexibility index (Phi) is 7.09. The summed E-state index contributed by atoms with van der Waals surface area (Å²) in [4.78, 5) is 29.6. The molecule has 8 nitrogen and oxygen atoms in total. The molecule has 1 atom stereocenters. The molecule has 32 heavy (non-hydrogen) atoms. The Bertz CT molecular complexity index is 1100. The van der Waals surface area contributed by atoms with Crippen molar-refractivity contribution in [1.29, 1.82) is 5.26 Å². The molecule has 1 amide bonds. The first-order valence-corrected chi connectivity index (χ1v) is 11.1. The quantitative estimate of drug-likeness (QED) is 0.685. The molecule has 0 N–H and O–H groups in total. The summed E-state index contributed by atoms with van der Waals surface area (Å²) in [6.45, 7) is 12.1. The number of fused-ring (bicyclic) bond motifs is 1.